The van der Waals surface area contributed by atoms with Crippen LogP contribution in [0.5, 0.6) is 0 Å². The van der Waals surface area contributed by atoms with Gasteiger partial charge in [-0.15, -0.1) is 0 Å². The minimum absolute atomic E-state index is 0. The fourth-order valence-electron chi connectivity index (χ4n) is 4.27. The number of halogens is 1. The summed E-state index contributed by atoms with van der Waals surface area (Å²) in [6.45, 7) is 8.40. The number of likely N-dealkylation sites (N-methyl/N-ethyl adjacent to an activating group) is 1. The Bertz CT molecular complexity index is 356. The van der Waals surface area contributed by atoms with Gasteiger partial charge in [-0.05, 0) is 13.3 Å². The Hall–Kier alpha value is 0.320. The molecular weight excluding hydrogens is 466 g/mol. The van der Waals surface area contributed by atoms with Crippen LogP contribution >= 0.6 is 0 Å². The molecule has 1 N–H and O–H groups in total. The zero-order valence-corrected chi connectivity index (χ0v) is 23.8. The smallest absolute Gasteiger partial charge is 0.129 e. The van der Waals surface area contributed by atoms with E-state index in [0.29, 0.717) is 13.2 Å². The maximum atomic E-state index is 9.20. The highest BCUT2D eigenvalue weighted by Crippen LogP contribution is 2.14. The van der Waals surface area contributed by atoms with Crippen molar-refractivity contribution in [2.45, 2.75) is 123 Å². The monoisotopic (exact) mass is 523 g/mol. The van der Waals surface area contributed by atoms with E-state index >= 15 is 0 Å². The molecule has 0 aromatic rings. The SMILES string of the molecule is CCCCCCCCCCCCCCCCCCOCC(C[N+](C)(C)CCO)OCC.[Br-]. The summed E-state index contributed by atoms with van der Waals surface area (Å²) in [6, 6.07) is 0. The number of hydrogen-bond donors (Lipinski definition) is 1. The summed E-state index contributed by atoms with van der Waals surface area (Å²) >= 11 is 0. The van der Waals surface area contributed by atoms with E-state index in [1.165, 1.54) is 96.3 Å². The second kappa shape index (κ2) is 25.9. The standard InChI is InChI=1S/C27H58NO3.BrH/c1-5-7-8-9-10-11-12-13-14-15-16-17-18-19-20-21-24-30-26-27(31-6-2)25-28(3,4)22-23-29;/h27,29H,5-26H2,1-4H3;1H/q+1;/p-1. The molecule has 0 amide bonds. The number of unbranched alkanes of at least 4 members (excludes halogenated alkanes) is 15. The molecule has 4 nitrogen and oxygen atoms in total. The minimum atomic E-state index is 0. The lowest BCUT2D eigenvalue weighted by Gasteiger charge is -2.32. The van der Waals surface area contributed by atoms with Gasteiger partial charge in [0.2, 0.25) is 0 Å². The molecule has 0 fully saturated rings. The number of ether oxygens (including phenoxy) is 2. The first kappa shape index (κ1) is 34.5. The first-order valence-electron chi connectivity index (χ1n) is 13.7. The number of hydrogen-bond acceptors (Lipinski definition) is 3. The summed E-state index contributed by atoms with van der Waals surface area (Å²) in [5, 5.41) is 9.20. The Morgan fingerprint density at radius 3 is 1.53 bits per heavy atom. The van der Waals surface area contributed by atoms with Gasteiger partial charge in [0, 0.05) is 13.2 Å². The molecule has 0 radical (unpaired) electrons. The summed E-state index contributed by atoms with van der Waals surface area (Å²) in [6.07, 6.45) is 22.5. The summed E-state index contributed by atoms with van der Waals surface area (Å²) in [5.41, 5.74) is 0. The van der Waals surface area contributed by atoms with Gasteiger partial charge < -0.3 is 36.0 Å². The summed E-state index contributed by atoms with van der Waals surface area (Å²) < 4.78 is 12.5. The molecule has 0 aliphatic rings. The van der Waals surface area contributed by atoms with Crippen molar-refractivity contribution in [1.82, 2.24) is 0 Å². The molecule has 0 saturated heterocycles. The van der Waals surface area contributed by atoms with Gasteiger partial charge in [-0.1, -0.05) is 103 Å². The van der Waals surface area contributed by atoms with Crippen LogP contribution in [0.15, 0.2) is 0 Å². The van der Waals surface area contributed by atoms with E-state index < -0.39 is 0 Å². The fraction of sp³-hybridized carbons (Fsp3) is 1.00. The van der Waals surface area contributed by atoms with Crippen LogP contribution in [-0.4, -0.2) is 69.3 Å². The summed E-state index contributed by atoms with van der Waals surface area (Å²) in [5.74, 6) is 0. The van der Waals surface area contributed by atoms with E-state index in [1.54, 1.807) is 0 Å². The zero-order chi connectivity index (χ0) is 23.0. The molecule has 0 rings (SSSR count). The van der Waals surface area contributed by atoms with Crippen LogP contribution in [0.4, 0.5) is 0 Å². The van der Waals surface area contributed by atoms with Gasteiger partial charge in [0.25, 0.3) is 0 Å². The Morgan fingerprint density at radius 1 is 0.688 bits per heavy atom. The fourth-order valence-corrected chi connectivity index (χ4v) is 4.27. The number of nitrogens with zero attached hydrogens (tertiary/aromatic N) is 1. The van der Waals surface area contributed by atoms with Crippen molar-refractivity contribution in [1.29, 1.82) is 0 Å². The van der Waals surface area contributed by atoms with E-state index in [9.17, 15) is 5.11 Å². The molecule has 5 heteroatoms. The van der Waals surface area contributed by atoms with Crippen LogP contribution in [0.3, 0.4) is 0 Å². The largest absolute Gasteiger partial charge is 1.00 e. The summed E-state index contributed by atoms with van der Waals surface area (Å²) in [7, 11) is 4.27. The van der Waals surface area contributed by atoms with Gasteiger partial charge in [0.1, 0.15) is 19.2 Å². The Morgan fingerprint density at radius 2 is 1.12 bits per heavy atom. The molecule has 0 spiro atoms. The van der Waals surface area contributed by atoms with Crippen molar-refractivity contribution in [3.8, 4) is 0 Å². The Labute approximate surface area is 212 Å². The first-order valence-corrected chi connectivity index (χ1v) is 13.7. The minimum Gasteiger partial charge on any atom is -1.00 e. The molecular formula is C27H58BrNO3. The Balaban J connectivity index is 0. The number of rotatable bonds is 25. The third kappa shape index (κ3) is 25.0. The van der Waals surface area contributed by atoms with Crippen molar-refractivity contribution in [2.24, 2.45) is 0 Å². The molecule has 0 aromatic heterocycles. The normalized spacial score (nSPS) is 12.7. The average Bonchev–Trinajstić information content (AvgIpc) is 2.72. The molecule has 32 heavy (non-hydrogen) atoms. The third-order valence-corrected chi connectivity index (χ3v) is 6.25. The topological polar surface area (TPSA) is 38.7 Å². The van der Waals surface area contributed by atoms with Gasteiger partial charge in [-0.2, -0.15) is 0 Å². The zero-order valence-electron chi connectivity index (χ0n) is 22.2. The molecule has 1 unspecified atom stereocenters. The van der Waals surface area contributed by atoms with Gasteiger partial charge in [-0.3, -0.25) is 0 Å². The lowest BCUT2D eigenvalue weighted by atomic mass is 10.0. The van der Waals surface area contributed by atoms with E-state index in [4.69, 9.17) is 9.47 Å². The average molecular weight is 525 g/mol. The predicted octanol–water partition coefficient (Wildman–Crippen LogP) is 3.74. The van der Waals surface area contributed by atoms with Crippen LogP contribution in [0.25, 0.3) is 0 Å². The number of aliphatic hydroxyl groups excluding tert-OH is 1. The molecule has 196 valence electrons. The highest BCUT2D eigenvalue weighted by molar-refractivity contribution is 4.56. The number of quaternary nitrogens is 1. The van der Waals surface area contributed by atoms with Gasteiger partial charge >= 0.3 is 0 Å². The molecule has 0 heterocycles. The molecule has 0 aromatic carbocycles. The molecule has 0 aliphatic carbocycles. The second-order valence-electron chi connectivity index (χ2n) is 10.0. The van der Waals surface area contributed by atoms with Crippen LogP contribution < -0.4 is 17.0 Å². The Kier molecular flexibility index (Phi) is 27.9. The second-order valence-corrected chi connectivity index (χ2v) is 10.0. The van der Waals surface area contributed by atoms with Crippen molar-refractivity contribution in [3.63, 3.8) is 0 Å². The summed E-state index contributed by atoms with van der Waals surface area (Å²) in [4.78, 5) is 0. The van der Waals surface area contributed by atoms with Crippen molar-refractivity contribution in [2.75, 3.05) is 53.6 Å². The molecule has 0 aliphatic heterocycles. The van der Waals surface area contributed by atoms with Crippen LogP contribution in [-0.2, 0) is 9.47 Å². The highest BCUT2D eigenvalue weighted by atomic mass is 79.9. The van der Waals surface area contributed by atoms with Gasteiger partial charge in [0.05, 0.1) is 27.3 Å². The van der Waals surface area contributed by atoms with E-state index in [1.807, 2.05) is 6.92 Å². The molecule has 1 atom stereocenters. The predicted molar refractivity (Wildman–Crippen MR) is 135 cm³/mol. The van der Waals surface area contributed by atoms with Crippen molar-refractivity contribution in [3.05, 3.63) is 0 Å². The van der Waals surface area contributed by atoms with Crippen LogP contribution in [0.2, 0.25) is 0 Å². The van der Waals surface area contributed by atoms with Gasteiger partial charge in [-0.25, -0.2) is 0 Å². The van der Waals surface area contributed by atoms with Gasteiger partial charge in [0.15, 0.2) is 0 Å². The first-order chi connectivity index (χ1) is 15.1. The number of aliphatic hydroxyl groups is 1. The third-order valence-electron chi connectivity index (χ3n) is 6.25. The lowest BCUT2D eigenvalue weighted by Crippen LogP contribution is -3.00. The molecule has 0 saturated carbocycles. The molecule has 0 bridgehead atoms. The quantitative estimate of drug-likeness (QED) is 0.146. The maximum absolute atomic E-state index is 9.20. The van der Waals surface area contributed by atoms with E-state index in [-0.39, 0.29) is 29.7 Å². The maximum Gasteiger partial charge on any atom is 0.129 e. The van der Waals surface area contributed by atoms with Crippen LogP contribution in [0, 0.1) is 0 Å². The van der Waals surface area contributed by atoms with Crippen molar-refractivity contribution >= 4 is 0 Å². The van der Waals surface area contributed by atoms with E-state index in [2.05, 4.69) is 21.0 Å². The highest BCUT2D eigenvalue weighted by Gasteiger charge is 2.22. The lowest BCUT2D eigenvalue weighted by molar-refractivity contribution is -0.893. The van der Waals surface area contributed by atoms with Crippen LogP contribution in [0.1, 0.15) is 117 Å². The van der Waals surface area contributed by atoms with E-state index in [0.717, 1.165) is 30.6 Å². The van der Waals surface area contributed by atoms with Crippen molar-refractivity contribution < 1.29 is 36.0 Å².